The Morgan fingerprint density at radius 1 is 1.19 bits per heavy atom. The molecule has 10 nitrogen and oxygen atoms in total. The number of aromatic hydroxyl groups is 2. The molecule has 0 radical (unpaired) electrons. The molecule has 10 heteroatoms. The number of piperidine rings is 1. The lowest BCUT2D eigenvalue weighted by molar-refractivity contribution is -0.136. The second kappa shape index (κ2) is 6.47. The van der Waals surface area contributed by atoms with Crippen molar-refractivity contribution in [3.63, 3.8) is 0 Å². The number of imide groups is 1. The van der Waals surface area contributed by atoms with Crippen LogP contribution in [0.3, 0.4) is 0 Å². The third-order valence-corrected chi connectivity index (χ3v) is 4.87. The summed E-state index contributed by atoms with van der Waals surface area (Å²) in [7, 11) is 0. The van der Waals surface area contributed by atoms with Gasteiger partial charge in [0.05, 0.1) is 17.0 Å². The van der Waals surface area contributed by atoms with Crippen LogP contribution in [0.2, 0.25) is 0 Å². The van der Waals surface area contributed by atoms with Gasteiger partial charge in [-0.05, 0) is 18.6 Å². The largest absolute Gasteiger partial charge is 0.494 e. The summed E-state index contributed by atoms with van der Waals surface area (Å²) in [6.45, 7) is 1.11. The van der Waals surface area contributed by atoms with Crippen molar-refractivity contribution >= 4 is 34.2 Å². The number of fused-ring (bicyclic) bond motifs is 1. The molecule has 4 rings (SSSR count). The van der Waals surface area contributed by atoms with Gasteiger partial charge < -0.3 is 15.5 Å². The van der Waals surface area contributed by atoms with Crippen LogP contribution in [0.25, 0.3) is 10.8 Å². The first-order valence-electron chi connectivity index (χ1n) is 8.52. The van der Waals surface area contributed by atoms with Crippen LogP contribution in [-0.4, -0.2) is 45.6 Å². The van der Waals surface area contributed by atoms with Crippen molar-refractivity contribution in [2.75, 3.05) is 13.1 Å². The summed E-state index contributed by atoms with van der Waals surface area (Å²) in [5.74, 6) is -2.26. The van der Waals surface area contributed by atoms with Crippen molar-refractivity contribution in [1.29, 1.82) is 0 Å². The number of aromatic nitrogens is 1. The molecular formula is C17H17N5O5. The Labute approximate surface area is 152 Å². The molecule has 1 unspecified atom stereocenters. The van der Waals surface area contributed by atoms with Crippen molar-refractivity contribution in [2.45, 2.75) is 18.9 Å². The van der Waals surface area contributed by atoms with E-state index in [1.807, 2.05) is 0 Å². The zero-order valence-electron chi connectivity index (χ0n) is 14.2. The van der Waals surface area contributed by atoms with E-state index in [0.717, 1.165) is 4.57 Å². The van der Waals surface area contributed by atoms with Gasteiger partial charge >= 0.3 is 0 Å². The lowest BCUT2D eigenvalue weighted by Gasteiger charge is -2.23. The van der Waals surface area contributed by atoms with Crippen LogP contribution >= 0.6 is 0 Å². The maximum atomic E-state index is 12.1. The zero-order chi connectivity index (χ0) is 19.1. The highest BCUT2D eigenvalue weighted by molar-refractivity contribution is 6.03. The summed E-state index contributed by atoms with van der Waals surface area (Å²) in [6, 6.07) is 3.78. The van der Waals surface area contributed by atoms with E-state index in [0.29, 0.717) is 13.1 Å². The van der Waals surface area contributed by atoms with E-state index >= 15 is 0 Å². The molecule has 2 saturated heterocycles. The third kappa shape index (κ3) is 2.83. The van der Waals surface area contributed by atoms with Crippen molar-refractivity contribution < 1.29 is 24.6 Å². The fourth-order valence-electron chi connectivity index (χ4n) is 3.27. The SMILES string of the molecule is O=C1CCC(n2c(O)c3cccc(N=NC(=O)C4CNC4)c3c2O)C(=O)N1. The number of nitrogens with one attached hydrogen (secondary N) is 2. The van der Waals surface area contributed by atoms with Crippen LogP contribution in [0.4, 0.5) is 5.69 Å². The first kappa shape index (κ1) is 17.2. The monoisotopic (exact) mass is 371 g/mol. The first-order chi connectivity index (χ1) is 13.0. The summed E-state index contributed by atoms with van der Waals surface area (Å²) in [4.78, 5) is 35.4. The highest BCUT2D eigenvalue weighted by Crippen LogP contribution is 2.44. The van der Waals surface area contributed by atoms with Gasteiger partial charge in [0.15, 0.2) is 0 Å². The maximum Gasteiger partial charge on any atom is 0.270 e. The van der Waals surface area contributed by atoms with Crippen LogP contribution in [-0.2, 0) is 14.4 Å². The standard InChI is InChI=1S/C17H17N5O5/c23-12-5-4-11(15(25)19-12)22-16(26)9-2-1-3-10(13(9)17(22)27)20-21-14(24)8-6-18-7-8/h1-3,8,11,18,26-27H,4-7H2,(H,19,23,25). The van der Waals surface area contributed by atoms with E-state index in [4.69, 9.17) is 0 Å². The fourth-order valence-corrected chi connectivity index (χ4v) is 3.27. The molecule has 3 heterocycles. The van der Waals surface area contributed by atoms with Crippen molar-refractivity contribution in [2.24, 2.45) is 16.1 Å². The normalized spacial score (nSPS) is 20.8. The fraction of sp³-hybridized carbons (Fsp3) is 0.353. The number of carbonyl (C=O) groups excluding carboxylic acids is 3. The minimum absolute atomic E-state index is 0.0975. The molecule has 2 aliphatic heterocycles. The number of rotatable bonds is 3. The molecule has 0 saturated carbocycles. The van der Waals surface area contributed by atoms with Gasteiger partial charge in [-0.15, -0.1) is 10.2 Å². The highest BCUT2D eigenvalue weighted by Gasteiger charge is 2.33. The molecule has 4 N–H and O–H groups in total. The van der Waals surface area contributed by atoms with Crippen molar-refractivity contribution in [3.05, 3.63) is 18.2 Å². The minimum Gasteiger partial charge on any atom is -0.494 e. The molecule has 1 atom stereocenters. The third-order valence-electron chi connectivity index (χ3n) is 4.87. The Bertz CT molecular complexity index is 991. The van der Waals surface area contributed by atoms with Gasteiger partial charge in [0.25, 0.3) is 5.91 Å². The van der Waals surface area contributed by atoms with Gasteiger partial charge in [-0.3, -0.25) is 24.3 Å². The summed E-state index contributed by atoms with van der Waals surface area (Å²) in [6.07, 6.45) is 0.247. The molecule has 140 valence electrons. The molecule has 1 aromatic heterocycles. The molecule has 1 aromatic carbocycles. The lowest BCUT2D eigenvalue weighted by Crippen LogP contribution is -2.45. The number of hydrogen-bond acceptors (Lipinski definition) is 7. The zero-order valence-corrected chi connectivity index (χ0v) is 14.2. The average molecular weight is 371 g/mol. The first-order valence-corrected chi connectivity index (χ1v) is 8.52. The van der Waals surface area contributed by atoms with Crippen molar-refractivity contribution in [3.8, 4) is 11.8 Å². The van der Waals surface area contributed by atoms with Gasteiger partial charge in [-0.25, -0.2) is 0 Å². The number of carbonyl (C=O) groups is 3. The average Bonchev–Trinajstić information content (AvgIpc) is 2.84. The highest BCUT2D eigenvalue weighted by atomic mass is 16.3. The lowest BCUT2D eigenvalue weighted by atomic mass is 10.0. The molecule has 0 aliphatic carbocycles. The summed E-state index contributed by atoms with van der Waals surface area (Å²) in [5.41, 5.74) is 0.201. The Morgan fingerprint density at radius 2 is 1.96 bits per heavy atom. The second-order valence-corrected chi connectivity index (χ2v) is 6.58. The Morgan fingerprint density at radius 3 is 2.63 bits per heavy atom. The molecule has 2 aliphatic rings. The number of azo groups is 1. The molecule has 27 heavy (non-hydrogen) atoms. The van der Waals surface area contributed by atoms with E-state index in [9.17, 15) is 24.6 Å². The van der Waals surface area contributed by atoms with Crippen LogP contribution in [0.5, 0.6) is 11.8 Å². The minimum atomic E-state index is -0.928. The van der Waals surface area contributed by atoms with Gasteiger partial charge in [-0.1, -0.05) is 6.07 Å². The molecular weight excluding hydrogens is 354 g/mol. The maximum absolute atomic E-state index is 12.1. The molecule has 0 spiro atoms. The van der Waals surface area contributed by atoms with E-state index in [1.54, 1.807) is 18.2 Å². The van der Waals surface area contributed by atoms with Gasteiger partial charge in [-0.2, -0.15) is 0 Å². The van der Waals surface area contributed by atoms with Gasteiger partial charge in [0, 0.05) is 24.9 Å². The van der Waals surface area contributed by atoms with Gasteiger partial charge in [0.1, 0.15) is 6.04 Å². The number of hydrogen-bond donors (Lipinski definition) is 4. The summed E-state index contributed by atoms with van der Waals surface area (Å²) in [5, 5.41) is 34.5. The second-order valence-electron chi connectivity index (χ2n) is 6.58. The van der Waals surface area contributed by atoms with Crippen LogP contribution in [0.15, 0.2) is 28.4 Å². The van der Waals surface area contributed by atoms with E-state index in [2.05, 4.69) is 20.9 Å². The van der Waals surface area contributed by atoms with Crippen LogP contribution in [0, 0.1) is 5.92 Å². The Hall–Kier alpha value is -3.27. The number of amides is 3. The number of benzene rings is 1. The van der Waals surface area contributed by atoms with Gasteiger partial charge in [0.2, 0.25) is 23.6 Å². The van der Waals surface area contributed by atoms with Crippen LogP contribution in [0.1, 0.15) is 18.9 Å². The Kier molecular flexibility index (Phi) is 4.11. The molecule has 3 amide bonds. The number of nitrogens with zero attached hydrogens (tertiary/aromatic N) is 3. The quantitative estimate of drug-likeness (QED) is 0.465. The van der Waals surface area contributed by atoms with E-state index in [1.165, 1.54) is 0 Å². The topological polar surface area (TPSA) is 145 Å². The molecule has 2 fully saturated rings. The van der Waals surface area contributed by atoms with E-state index in [-0.39, 0.29) is 52.9 Å². The predicted molar refractivity (Wildman–Crippen MR) is 92.6 cm³/mol. The van der Waals surface area contributed by atoms with Crippen LogP contribution < -0.4 is 10.6 Å². The summed E-state index contributed by atoms with van der Waals surface area (Å²) < 4.78 is 1.07. The molecule has 0 bridgehead atoms. The Balaban J connectivity index is 1.75. The van der Waals surface area contributed by atoms with E-state index < -0.39 is 17.9 Å². The summed E-state index contributed by atoms with van der Waals surface area (Å²) >= 11 is 0. The smallest absolute Gasteiger partial charge is 0.270 e. The molecule has 2 aromatic rings. The predicted octanol–water partition coefficient (Wildman–Crippen LogP) is 0.860. The van der Waals surface area contributed by atoms with Crippen molar-refractivity contribution in [1.82, 2.24) is 15.2 Å².